The highest BCUT2D eigenvalue weighted by molar-refractivity contribution is 9.12. The summed E-state index contributed by atoms with van der Waals surface area (Å²) in [5.41, 5.74) is -1.43. The van der Waals surface area contributed by atoms with Gasteiger partial charge in [-0.3, -0.25) is 4.79 Å². The van der Waals surface area contributed by atoms with Crippen molar-refractivity contribution in [3.8, 4) is 0 Å². The van der Waals surface area contributed by atoms with Gasteiger partial charge in [-0.1, -0.05) is 19.8 Å². The summed E-state index contributed by atoms with van der Waals surface area (Å²) < 4.78 is 28.7. The minimum atomic E-state index is -3.90. The average Bonchev–Trinajstić information content (AvgIpc) is 2.72. The lowest BCUT2D eigenvalue weighted by atomic mass is 9.74. The Morgan fingerprint density at radius 1 is 1.48 bits per heavy atom. The molecule has 1 fully saturated rings. The van der Waals surface area contributed by atoms with Crippen molar-refractivity contribution in [2.24, 2.45) is 5.92 Å². The van der Waals surface area contributed by atoms with Crippen molar-refractivity contribution in [2.75, 3.05) is 0 Å². The molecule has 2 atom stereocenters. The molecule has 1 aliphatic rings. The summed E-state index contributed by atoms with van der Waals surface area (Å²) in [5.74, 6) is -1.36. The number of halogens is 2. The largest absolute Gasteiger partial charge is 0.480 e. The molecule has 0 bridgehead atoms. The van der Waals surface area contributed by atoms with E-state index in [1.807, 2.05) is 0 Å². The molecule has 0 amide bonds. The van der Waals surface area contributed by atoms with Gasteiger partial charge in [-0.05, 0) is 56.7 Å². The van der Waals surface area contributed by atoms with Crippen molar-refractivity contribution in [3.05, 3.63) is 13.6 Å². The maximum absolute atomic E-state index is 12.6. The molecule has 0 radical (unpaired) electrons. The van der Waals surface area contributed by atoms with Gasteiger partial charge < -0.3 is 5.11 Å². The third-order valence-corrected chi connectivity index (χ3v) is 8.18. The highest BCUT2D eigenvalue weighted by Crippen LogP contribution is 2.38. The van der Waals surface area contributed by atoms with Crippen LogP contribution >= 0.6 is 43.2 Å². The van der Waals surface area contributed by atoms with Gasteiger partial charge in [0.1, 0.15) is 10.4 Å². The van der Waals surface area contributed by atoms with Gasteiger partial charge in [0.15, 0.2) is 0 Å². The van der Waals surface area contributed by atoms with Crippen LogP contribution in [0.1, 0.15) is 32.6 Å². The van der Waals surface area contributed by atoms with Gasteiger partial charge in [0, 0.05) is 0 Å². The summed E-state index contributed by atoms with van der Waals surface area (Å²) in [4.78, 5) is 11.8. The number of sulfonamides is 1. The zero-order chi connectivity index (χ0) is 15.8. The summed E-state index contributed by atoms with van der Waals surface area (Å²) in [6.45, 7) is 1.79. The molecule has 1 heterocycles. The van der Waals surface area contributed by atoms with Crippen LogP contribution in [-0.2, 0) is 14.8 Å². The Balaban J connectivity index is 2.41. The predicted octanol–water partition coefficient (Wildman–Crippen LogP) is 3.58. The van der Waals surface area contributed by atoms with Crippen LogP contribution in [0.4, 0.5) is 0 Å². The minimum absolute atomic E-state index is 0.0674. The van der Waals surface area contributed by atoms with E-state index in [-0.39, 0.29) is 10.8 Å². The average molecular weight is 461 g/mol. The standard InChI is InChI=1S/C12H15Br2NO4S2/c1-7-4-2-3-5-12(7,11(16)17)15-21(18,19)8-6-9(13)20-10(8)14/h6-7,15H,2-5H2,1H3,(H,16,17). The predicted molar refractivity (Wildman–Crippen MR) is 88.0 cm³/mol. The first-order valence-electron chi connectivity index (χ1n) is 6.41. The van der Waals surface area contributed by atoms with E-state index < -0.39 is 21.5 Å². The number of hydrogen-bond donors (Lipinski definition) is 2. The molecule has 1 saturated carbocycles. The van der Waals surface area contributed by atoms with Crippen LogP contribution in [0.15, 0.2) is 18.5 Å². The Hall–Kier alpha value is 0.0400. The molecule has 1 aromatic rings. The summed E-state index contributed by atoms with van der Waals surface area (Å²) in [5, 5.41) is 9.60. The van der Waals surface area contributed by atoms with Crippen molar-refractivity contribution in [2.45, 2.75) is 43.0 Å². The number of nitrogens with one attached hydrogen (secondary N) is 1. The van der Waals surface area contributed by atoms with E-state index in [4.69, 9.17) is 0 Å². The number of thiophene rings is 1. The molecule has 118 valence electrons. The fourth-order valence-electron chi connectivity index (χ4n) is 2.66. The minimum Gasteiger partial charge on any atom is -0.480 e. The summed E-state index contributed by atoms with van der Waals surface area (Å²) >= 11 is 7.68. The van der Waals surface area contributed by atoms with Crippen molar-refractivity contribution in [1.29, 1.82) is 0 Å². The smallest absolute Gasteiger partial charge is 0.325 e. The molecule has 21 heavy (non-hydrogen) atoms. The molecule has 0 spiro atoms. The molecule has 2 rings (SSSR count). The van der Waals surface area contributed by atoms with Gasteiger partial charge in [0.05, 0.1) is 7.57 Å². The van der Waals surface area contributed by atoms with Gasteiger partial charge in [-0.15, -0.1) is 11.3 Å². The van der Waals surface area contributed by atoms with Crippen molar-refractivity contribution >= 4 is 59.2 Å². The molecular weight excluding hydrogens is 446 g/mol. The Labute approximate surface area is 144 Å². The van der Waals surface area contributed by atoms with Crippen molar-refractivity contribution in [3.63, 3.8) is 0 Å². The lowest BCUT2D eigenvalue weighted by Gasteiger charge is -2.39. The number of rotatable bonds is 4. The first kappa shape index (κ1) is 17.4. The van der Waals surface area contributed by atoms with Gasteiger partial charge in [0.2, 0.25) is 10.0 Å². The normalized spacial score (nSPS) is 26.7. The maximum Gasteiger partial charge on any atom is 0.325 e. The molecule has 2 N–H and O–H groups in total. The van der Waals surface area contributed by atoms with Gasteiger partial charge >= 0.3 is 5.97 Å². The van der Waals surface area contributed by atoms with E-state index in [2.05, 4.69) is 36.6 Å². The SMILES string of the molecule is CC1CCCCC1(NS(=O)(=O)c1cc(Br)sc1Br)C(=O)O. The topological polar surface area (TPSA) is 83.5 Å². The summed E-state index contributed by atoms with van der Waals surface area (Å²) in [6.07, 6.45) is 2.63. The van der Waals surface area contributed by atoms with E-state index in [9.17, 15) is 18.3 Å². The Bertz CT molecular complexity index is 658. The molecule has 0 aromatic carbocycles. The molecule has 5 nitrogen and oxygen atoms in total. The second kappa shape index (κ2) is 6.27. The number of aliphatic carboxylic acids is 1. The maximum atomic E-state index is 12.6. The zero-order valence-electron chi connectivity index (χ0n) is 11.2. The van der Waals surface area contributed by atoms with E-state index in [0.717, 1.165) is 6.42 Å². The molecule has 1 aromatic heterocycles. The number of carbonyl (C=O) groups is 1. The van der Waals surface area contributed by atoms with Crippen LogP contribution < -0.4 is 4.72 Å². The number of carboxylic acids is 1. The monoisotopic (exact) mass is 459 g/mol. The number of carboxylic acid groups (broad SMARTS) is 1. The van der Waals surface area contributed by atoms with Crippen LogP contribution in [0.2, 0.25) is 0 Å². The second-order valence-electron chi connectivity index (χ2n) is 5.22. The fraction of sp³-hybridized carbons (Fsp3) is 0.583. The molecule has 0 aliphatic heterocycles. The Morgan fingerprint density at radius 3 is 2.62 bits per heavy atom. The van der Waals surface area contributed by atoms with Crippen molar-refractivity contribution < 1.29 is 18.3 Å². The second-order valence-corrected chi connectivity index (χ2v) is 10.6. The van der Waals surface area contributed by atoms with Crippen LogP contribution in [0.5, 0.6) is 0 Å². The van der Waals surface area contributed by atoms with E-state index in [1.165, 1.54) is 17.4 Å². The molecular formula is C12H15Br2NO4S2. The number of hydrogen-bond acceptors (Lipinski definition) is 4. The molecule has 1 aliphatic carbocycles. The molecule has 2 unspecified atom stereocenters. The van der Waals surface area contributed by atoms with E-state index in [1.54, 1.807) is 6.92 Å². The Kier molecular flexibility index (Phi) is 5.19. The quantitative estimate of drug-likeness (QED) is 0.719. The third kappa shape index (κ3) is 3.36. The lowest BCUT2D eigenvalue weighted by molar-refractivity contribution is -0.147. The Morgan fingerprint density at radius 2 is 2.14 bits per heavy atom. The van der Waals surface area contributed by atoms with Gasteiger partial charge in [-0.25, -0.2) is 8.42 Å². The van der Waals surface area contributed by atoms with E-state index >= 15 is 0 Å². The van der Waals surface area contributed by atoms with Crippen LogP contribution in [0, 0.1) is 5.92 Å². The summed E-state index contributed by atoms with van der Waals surface area (Å²) in [6, 6.07) is 1.47. The van der Waals surface area contributed by atoms with Crippen molar-refractivity contribution in [1.82, 2.24) is 4.72 Å². The first-order valence-corrected chi connectivity index (χ1v) is 10.3. The van der Waals surface area contributed by atoms with Gasteiger partial charge in [0.25, 0.3) is 0 Å². The highest BCUT2D eigenvalue weighted by atomic mass is 79.9. The fourth-order valence-corrected chi connectivity index (χ4v) is 7.96. The first-order chi connectivity index (χ1) is 9.69. The lowest BCUT2D eigenvalue weighted by Crippen LogP contribution is -2.59. The van der Waals surface area contributed by atoms with Gasteiger partial charge in [-0.2, -0.15) is 4.72 Å². The molecule has 0 saturated heterocycles. The van der Waals surface area contributed by atoms with E-state index in [0.29, 0.717) is 26.8 Å². The van der Waals surface area contributed by atoms with Crippen LogP contribution in [-0.4, -0.2) is 25.0 Å². The zero-order valence-corrected chi connectivity index (χ0v) is 16.0. The van der Waals surface area contributed by atoms with Crippen LogP contribution in [0.3, 0.4) is 0 Å². The van der Waals surface area contributed by atoms with Crippen LogP contribution in [0.25, 0.3) is 0 Å². The highest BCUT2D eigenvalue weighted by Gasteiger charge is 2.48. The third-order valence-electron chi connectivity index (χ3n) is 3.91. The molecule has 9 heteroatoms. The summed E-state index contributed by atoms with van der Waals surface area (Å²) in [7, 11) is -3.90.